The largest absolute Gasteiger partial charge is 0.481 e. The van der Waals surface area contributed by atoms with Crippen molar-refractivity contribution in [3.05, 3.63) is 34.9 Å². The second-order valence-corrected chi connectivity index (χ2v) is 3.96. The van der Waals surface area contributed by atoms with E-state index in [1.54, 1.807) is 13.0 Å². The number of rotatable bonds is 5. The summed E-state index contributed by atoms with van der Waals surface area (Å²) in [6.45, 7) is 1.77. The summed E-state index contributed by atoms with van der Waals surface area (Å²) in [5, 5.41) is 8.55. The Hall–Kier alpha value is -1.49. The highest BCUT2D eigenvalue weighted by molar-refractivity contribution is 5.66. The van der Waals surface area contributed by atoms with Crippen molar-refractivity contribution in [2.75, 3.05) is 0 Å². The molecule has 17 heavy (non-hydrogen) atoms. The van der Waals surface area contributed by atoms with Crippen LogP contribution in [0.25, 0.3) is 0 Å². The van der Waals surface area contributed by atoms with Crippen LogP contribution in [0.1, 0.15) is 42.0 Å². The van der Waals surface area contributed by atoms with Crippen molar-refractivity contribution in [2.45, 2.75) is 32.2 Å². The molecular weight excluding hydrogens is 228 g/mol. The number of hydrogen-bond donors (Lipinski definition) is 2. The average Bonchev–Trinajstić information content (AvgIpc) is 2.26. The van der Waals surface area contributed by atoms with Gasteiger partial charge in [0.2, 0.25) is 0 Å². The van der Waals surface area contributed by atoms with Crippen molar-refractivity contribution in [1.82, 2.24) is 0 Å². The smallest absolute Gasteiger partial charge is 0.303 e. The molecule has 1 atom stereocenters. The first kappa shape index (κ1) is 13.6. The van der Waals surface area contributed by atoms with Gasteiger partial charge in [0.1, 0.15) is 0 Å². The van der Waals surface area contributed by atoms with Gasteiger partial charge in [0.05, 0.1) is 0 Å². The fourth-order valence-electron chi connectivity index (χ4n) is 1.63. The number of halogens is 2. The molecule has 0 aliphatic carbocycles. The molecule has 0 aromatic heterocycles. The quantitative estimate of drug-likeness (QED) is 0.835. The predicted molar refractivity (Wildman–Crippen MR) is 59.9 cm³/mol. The molecule has 0 fully saturated rings. The maximum Gasteiger partial charge on any atom is 0.303 e. The Bertz CT molecular complexity index is 407. The Labute approximate surface area is 98.2 Å². The first-order valence-corrected chi connectivity index (χ1v) is 5.27. The molecule has 0 saturated heterocycles. The van der Waals surface area contributed by atoms with Gasteiger partial charge in [-0.1, -0.05) is 12.1 Å². The molecule has 94 valence electrons. The van der Waals surface area contributed by atoms with Gasteiger partial charge in [-0.2, -0.15) is 0 Å². The minimum atomic E-state index is -2.54. The van der Waals surface area contributed by atoms with Crippen LogP contribution in [-0.2, 0) is 4.79 Å². The first-order chi connectivity index (χ1) is 7.91. The molecule has 1 rings (SSSR count). The van der Waals surface area contributed by atoms with E-state index in [9.17, 15) is 13.6 Å². The Morgan fingerprint density at radius 1 is 1.47 bits per heavy atom. The lowest BCUT2D eigenvalue weighted by Gasteiger charge is -2.15. The molecule has 0 aliphatic heterocycles. The molecule has 0 aliphatic rings. The van der Waals surface area contributed by atoms with Gasteiger partial charge in [0.15, 0.2) is 0 Å². The van der Waals surface area contributed by atoms with E-state index in [0.29, 0.717) is 5.56 Å². The molecule has 5 heteroatoms. The fraction of sp³-hybridized carbons (Fsp3) is 0.417. The molecule has 0 radical (unpaired) electrons. The van der Waals surface area contributed by atoms with Crippen LogP contribution in [0.3, 0.4) is 0 Å². The summed E-state index contributed by atoms with van der Waals surface area (Å²) in [6.07, 6.45) is -2.37. The number of benzene rings is 1. The predicted octanol–water partition coefficient (Wildman–Crippen LogP) is 2.80. The van der Waals surface area contributed by atoms with Crippen LogP contribution >= 0.6 is 0 Å². The molecule has 0 amide bonds. The highest BCUT2D eigenvalue weighted by Gasteiger charge is 2.14. The second kappa shape index (κ2) is 5.72. The van der Waals surface area contributed by atoms with E-state index in [0.717, 1.165) is 5.56 Å². The maximum atomic E-state index is 12.5. The van der Waals surface area contributed by atoms with E-state index >= 15 is 0 Å². The summed E-state index contributed by atoms with van der Waals surface area (Å²) in [4.78, 5) is 10.4. The molecule has 0 saturated carbocycles. The van der Waals surface area contributed by atoms with E-state index in [1.807, 2.05) is 0 Å². The van der Waals surface area contributed by atoms with Crippen LogP contribution in [0.5, 0.6) is 0 Å². The van der Waals surface area contributed by atoms with Gasteiger partial charge in [-0.15, -0.1) is 0 Å². The van der Waals surface area contributed by atoms with Gasteiger partial charge < -0.3 is 10.8 Å². The third-order valence-electron chi connectivity index (χ3n) is 2.62. The zero-order valence-electron chi connectivity index (χ0n) is 9.49. The number of nitrogens with two attached hydrogens (primary N) is 1. The standard InChI is InChI=1S/C12H15F2NO2/c1-7-2-3-8(12(13)14)6-9(7)10(15)4-5-11(16)17/h2-3,6,10,12H,4-5,15H2,1H3,(H,16,17). The molecule has 3 nitrogen and oxygen atoms in total. The van der Waals surface area contributed by atoms with Crippen LogP contribution in [0, 0.1) is 6.92 Å². The van der Waals surface area contributed by atoms with Crippen molar-refractivity contribution < 1.29 is 18.7 Å². The normalized spacial score (nSPS) is 12.8. The minimum absolute atomic E-state index is 0.0699. The summed E-state index contributed by atoms with van der Waals surface area (Å²) in [6, 6.07) is 3.77. The molecular formula is C12H15F2NO2. The highest BCUT2D eigenvalue weighted by atomic mass is 19.3. The van der Waals surface area contributed by atoms with Gasteiger partial charge in [0, 0.05) is 18.0 Å². The molecule has 0 spiro atoms. The summed E-state index contributed by atoms with van der Waals surface area (Å²) in [5.41, 5.74) is 7.10. The zero-order valence-corrected chi connectivity index (χ0v) is 9.49. The van der Waals surface area contributed by atoms with Crippen molar-refractivity contribution in [1.29, 1.82) is 0 Å². The first-order valence-electron chi connectivity index (χ1n) is 5.27. The van der Waals surface area contributed by atoms with Crippen molar-refractivity contribution in [2.24, 2.45) is 5.73 Å². The van der Waals surface area contributed by atoms with E-state index in [2.05, 4.69) is 0 Å². The Balaban J connectivity index is 2.87. The van der Waals surface area contributed by atoms with E-state index in [-0.39, 0.29) is 18.4 Å². The Kier molecular flexibility index (Phi) is 4.57. The number of carboxylic acid groups (broad SMARTS) is 1. The van der Waals surface area contributed by atoms with Gasteiger partial charge in [-0.25, -0.2) is 8.78 Å². The van der Waals surface area contributed by atoms with Crippen molar-refractivity contribution in [3.8, 4) is 0 Å². The molecule has 1 unspecified atom stereocenters. The molecule has 1 aromatic rings. The third-order valence-corrected chi connectivity index (χ3v) is 2.62. The number of aliphatic carboxylic acids is 1. The molecule has 1 aromatic carbocycles. The summed E-state index contributed by atoms with van der Waals surface area (Å²) < 4.78 is 25.0. The zero-order chi connectivity index (χ0) is 13.0. The van der Waals surface area contributed by atoms with E-state index in [4.69, 9.17) is 10.8 Å². The van der Waals surface area contributed by atoms with Gasteiger partial charge in [-0.05, 0) is 30.5 Å². The number of carbonyl (C=O) groups is 1. The summed E-state index contributed by atoms with van der Waals surface area (Å²) in [7, 11) is 0. The lowest BCUT2D eigenvalue weighted by molar-refractivity contribution is -0.137. The van der Waals surface area contributed by atoms with Crippen LogP contribution < -0.4 is 5.73 Å². The molecule has 3 N–H and O–H groups in total. The Morgan fingerprint density at radius 3 is 2.65 bits per heavy atom. The van der Waals surface area contributed by atoms with Gasteiger partial charge in [-0.3, -0.25) is 4.79 Å². The topological polar surface area (TPSA) is 63.3 Å². The minimum Gasteiger partial charge on any atom is -0.481 e. The Morgan fingerprint density at radius 2 is 2.12 bits per heavy atom. The lowest BCUT2D eigenvalue weighted by atomic mass is 9.96. The van der Waals surface area contributed by atoms with Crippen LogP contribution in [0.15, 0.2) is 18.2 Å². The highest BCUT2D eigenvalue weighted by Crippen LogP contribution is 2.26. The average molecular weight is 243 g/mol. The number of hydrogen-bond acceptors (Lipinski definition) is 2. The van der Waals surface area contributed by atoms with Crippen LogP contribution in [0.2, 0.25) is 0 Å². The molecule has 0 bridgehead atoms. The number of aryl methyl sites for hydroxylation is 1. The lowest BCUT2D eigenvalue weighted by Crippen LogP contribution is -2.14. The van der Waals surface area contributed by atoms with Crippen LogP contribution in [-0.4, -0.2) is 11.1 Å². The third kappa shape index (κ3) is 3.78. The second-order valence-electron chi connectivity index (χ2n) is 3.96. The maximum absolute atomic E-state index is 12.5. The fourth-order valence-corrected chi connectivity index (χ4v) is 1.63. The molecule has 0 heterocycles. The van der Waals surface area contributed by atoms with Crippen molar-refractivity contribution >= 4 is 5.97 Å². The summed E-state index contributed by atoms with van der Waals surface area (Å²) in [5.74, 6) is -0.942. The summed E-state index contributed by atoms with van der Waals surface area (Å²) >= 11 is 0. The van der Waals surface area contributed by atoms with Crippen molar-refractivity contribution in [3.63, 3.8) is 0 Å². The van der Waals surface area contributed by atoms with Crippen LogP contribution in [0.4, 0.5) is 8.78 Å². The monoisotopic (exact) mass is 243 g/mol. The van der Waals surface area contributed by atoms with Gasteiger partial charge >= 0.3 is 5.97 Å². The van der Waals surface area contributed by atoms with E-state index < -0.39 is 18.4 Å². The van der Waals surface area contributed by atoms with Gasteiger partial charge in [0.25, 0.3) is 6.43 Å². The SMILES string of the molecule is Cc1ccc(C(F)F)cc1C(N)CCC(=O)O. The number of alkyl halides is 2. The van der Waals surface area contributed by atoms with E-state index in [1.165, 1.54) is 12.1 Å². The number of carboxylic acids is 1.